The number of hydrogen-bond donors (Lipinski definition) is 0. The molecule has 1 aliphatic carbocycles. The van der Waals surface area contributed by atoms with Gasteiger partial charge in [0.15, 0.2) is 0 Å². The molecule has 0 unspecified atom stereocenters. The first-order chi connectivity index (χ1) is 13.2. The Kier molecular flexibility index (Phi) is 5.39. The Hall–Kier alpha value is -2.40. The third-order valence-corrected chi connectivity index (χ3v) is 5.85. The molecule has 2 aromatic carbocycles. The summed E-state index contributed by atoms with van der Waals surface area (Å²) < 4.78 is 12.8. The average Bonchev–Trinajstić information content (AvgIpc) is 3.37. The maximum absolute atomic E-state index is 11.7. The molecule has 0 spiro atoms. The second-order valence-electron chi connectivity index (χ2n) is 6.98. The van der Waals surface area contributed by atoms with E-state index in [1.165, 1.54) is 25.7 Å². The third-order valence-electron chi connectivity index (χ3n) is 5.06. The molecule has 27 heavy (non-hydrogen) atoms. The summed E-state index contributed by atoms with van der Waals surface area (Å²) >= 11 is 1.62. The fourth-order valence-corrected chi connectivity index (χ4v) is 4.25. The summed E-state index contributed by atoms with van der Waals surface area (Å²) in [7, 11) is 0. The van der Waals surface area contributed by atoms with Crippen LogP contribution in [-0.2, 0) is 4.79 Å². The fraction of sp³-hybridized carbons (Fsp3) is 0.364. The molecule has 5 heteroatoms. The van der Waals surface area contributed by atoms with E-state index < -0.39 is 0 Å². The van der Waals surface area contributed by atoms with Crippen LogP contribution in [0.15, 0.2) is 41.9 Å². The van der Waals surface area contributed by atoms with E-state index >= 15 is 0 Å². The van der Waals surface area contributed by atoms with Crippen molar-refractivity contribution in [2.24, 2.45) is 5.92 Å². The molecule has 0 saturated heterocycles. The van der Waals surface area contributed by atoms with Gasteiger partial charge in [0, 0.05) is 12.0 Å². The second kappa shape index (κ2) is 8.09. The van der Waals surface area contributed by atoms with Gasteiger partial charge in [-0.1, -0.05) is 25.8 Å². The lowest BCUT2D eigenvalue weighted by atomic mass is 10.0. The standard InChI is InChI=1S/C22H23NO3S/c1-2-22(24)26-17-8-10-20(25-13-15-5-3-4-6-15)18(12-17)16-7-9-19-21(11-16)27-14-23-19/h7-12,14-15H,2-6,13H2,1H3. The van der Waals surface area contributed by atoms with Crippen LogP contribution in [0.2, 0.25) is 0 Å². The van der Waals surface area contributed by atoms with Gasteiger partial charge in [-0.15, -0.1) is 11.3 Å². The minimum Gasteiger partial charge on any atom is -0.493 e. The first kappa shape index (κ1) is 18.0. The fourth-order valence-electron chi connectivity index (χ4n) is 3.53. The molecule has 1 heterocycles. The Morgan fingerprint density at radius 3 is 2.85 bits per heavy atom. The zero-order valence-corrected chi connectivity index (χ0v) is 16.3. The minimum absolute atomic E-state index is 0.238. The van der Waals surface area contributed by atoms with E-state index in [0.717, 1.165) is 33.7 Å². The van der Waals surface area contributed by atoms with Crippen LogP contribution in [0.4, 0.5) is 0 Å². The number of aromatic nitrogens is 1. The van der Waals surface area contributed by atoms with Crippen molar-refractivity contribution in [3.8, 4) is 22.6 Å². The highest BCUT2D eigenvalue weighted by Gasteiger charge is 2.17. The van der Waals surface area contributed by atoms with Crippen molar-refractivity contribution in [1.29, 1.82) is 0 Å². The molecule has 0 atom stereocenters. The van der Waals surface area contributed by atoms with E-state index in [1.54, 1.807) is 18.3 Å². The molecule has 1 fully saturated rings. The van der Waals surface area contributed by atoms with Gasteiger partial charge in [-0.2, -0.15) is 0 Å². The van der Waals surface area contributed by atoms with Crippen LogP contribution in [0.3, 0.4) is 0 Å². The molecule has 0 N–H and O–H groups in total. The van der Waals surface area contributed by atoms with Crippen molar-refractivity contribution in [1.82, 2.24) is 4.98 Å². The normalized spacial score (nSPS) is 14.6. The number of hydrogen-bond acceptors (Lipinski definition) is 5. The summed E-state index contributed by atoms with van der Waals surface area (Å²) in [6.07, 6.45) is 5.44. The van der Waals surface area contributed by atoms with Gasteiger partial charge >= 0.3 is 5.97 Å². The molecule has 4 nitrogen and oxygen atoms in total. The Balaban J connectivity index is 1.67. The van der Waals surface area contributed by atoms with Crippen LogP contribution in [0.25, 0.3) is 21.3 Å². The summed E-state index contributed by atoms with van der Waals surface area (Å²) in [6, 6.07) is 11.8. The average molecular weight is 381 g/mol. The van der Waals surface area contributed by atoms with Crippen molar-refractivity contribution in [2.45, 2.75) is 39.0 Å². The van der Waals surface area contributed by atoms with Crippen molar-refractivity contribution in [3.05, 3.63) is 41.9 Å². The molecule has 1 saturated carbocycles. The lowest BCUT2D eigenvalue weighted by Crippen LogP contribution is -2.09. The highest BCUT2D eigenvalue weighted by molar-refractivity contribution is 7.16. The Labute approximate surface area is 163 Å². The van der Waals surface area contributed by atoms with Gasteiger partial charge < -0.3 is 9.47 Å². The number of nitrogens with zero attached hydrogens (tertiary/aromatic N) is 1. The molecular weight excluding hydrogens is 358 g/mol. The van der Waals surface area contributed by atoms with Crippen LogP contribution >= 0.6 is 11.3 Å². The lowest BCUT2D eigenvalue weighted by molar-refractivity contribution is -0.134. The second-order valence-corrected chi connectivity index (χ2v) is 7.87. The summed E-state index contributed by atoms with van der Waals surface area (Å²) in [5.74, 6) is 1.79. The van der Waals surface area contributed by atoms with Crippen LogP contribution < -0.4 is 9.47 Å². The van der Waals surface area contributed by atoms with Gasteiger partial charge in [-0.3, -0.25) is 4.79 Å². The van der Waals surface area contributed by atoms with Crippen LogP contribution in [0.5, 0.6) is 11.5 Å². The summed E-state index contributed by atoms with van der Waals surface area (Å²) in [5.41, 5.74) is 4.84. The van der Waals surface area contributed by atoms with Gasteiger partial charge in [0.05, 0.1) is 22.3 Å². The molecule has 0 aliphatic heterocycles. The quantitative estimate of drug-likeness (QED) is 0.397. The van der Waals surface area contributed by atoms with E-state index in [4.69, 9.17) is 9.47 Å². The third kappa shape index (κ3) is 4.14. The largest absolute Gasteiger partial charge is 0.493 e. The first-order valence-electron chi connectivity index (χ1n) is 9.54. The number of fused-ring (bicyclic) bond motifs is 1. The van der Waals surface area contributed by atoms with Gasteiger partial charge in [-0.05, 0) is 54.7 Å². The number of esters is 1. The topological polar surface area (TPSA) is 48.4 Å². The van der Waals surface area contributed by atoms with Crippen LogP contribution in [0.1, 0.15) is 39.0 Å². The highest BCUT2D eigenvalue weighted by atomic mass is 32.1. The van der Waals surface area contributed by atoms with Crippen molar-refractivity contribution >= 4 is 27.5 Å². The smallest absolute Gasteiger partial charge is 0.310 e. The van der Waals surface area contributed by atoms with Crippen molar-refractivity contribution in [2.75, 3.05) is 6.61 Å². The van der Waals surface area contributed by atoms with E-state index in [0.29, 0.717) is 18.1 Å². The first-order valence-corrected chi connectivity index (χ1v) is 10.4. The predicted molar refractivity (Wildman–Crippen MR) is 108 cm³/mol. The lowest BCUT2D eigenvalue weighted by Gasteiger charge is -2.16. The van der Waals surface area contributed by atoms with Crippen LogP contribution in [0, 0.1) is 5.92 Å². The van der Waals surface area contributed by atoms with Crippen molar-refractivity contribution in [3.63, 3.8) is 0 Å². The van der Waals surface area contributed by atoms with E-state index in [2.05, 4.69) is 11.1 Å². The Morgan fingerprint density at radius 2 is 2.04 bits per heavy atom. The van der Waals surface area contributed by atoms with Gasteiger partial charge in [-0.25, -0.2) is 4.98 Å². The Morgan fingerprint density at radius 1 is 1.19 bits per heavy atom. The summed E-state index contributed by atoms with van der Waals surface area (Å²) in [6.45, 7) is 2.53. The van der Waals surface area contributed by atoms with Crippen molar-refractivity contribution < 1.29 is 14.3 Å². The minimum atomic E-state index is -0.238. The number of benzene rings is 2. The molecule has 1 aliphatic rings. The molecular formula is C22H23NO3S. The molecule has 0 bridgehead atoms. The Bertz CT molecular complexity index is 944. The molecule has 0 radical (unpaired) electrons. The van der Waals surface area contributed by atoms with Gasteiger partial charge in [0.25, 0.3) is 0 Å². The van der Waals surface area contributed by atoms with Crippen LogP contribution in [-0.4, -0.2) is 17.6 Å². The number of rotatable bonds is 6. The van der Waals surface area contributed by atoms with Gasteiger partial charge in [0.2, 0.25) is 0 Å². The van der Waals surface area contributed by atoms with E-state index in [-0.39, 0.29) is 5.97 Å². The number of thiazole rings is 1. The highest BCUT2D eigenvalue weighted by Crippen LogP contribution is 2.37. The maximum atomic E-state index is 11.7. The van der Waals surface area contributed by atoms with E-state index in [9.17, 15) is 4.79 Å². The zero-order valence-electron chi connectivity index (χ0n) is 15.4. The van der Waals surface area contributed by atoms with E-state index in [1.807, 2.05) is 35.8 Å². The predicted octanol–water partition coefficient (Wildman–Crippen LogP) is 5.85. The SMILES string of the molecule is CCC(=O)Oc1ccc(OCC2CCCC2)c(-c2ccc3ncsc3c2)c1. The van der Waals surface area contributed by atoms with Gasteiger partial charge in [0.1, 0.15) is 11.5 Å². The summed E-state index contributed by atoms with van der Waals surface area (Å²) in [4.78, 5) is 16.0. The molecule has 1 aromatic heterocycles. The molecule has 3 aromatic rings. The summed E-state index contributed by atoms with van der Waals surface area (Å²) in [5, 5.41) is 0. The monoisotopic (exact) mass is 381 g/mol. The molecule has 0 amide bonds. The maximum Gasteiger partial charge on any atom is 0.310 e. The molecule has 4 rings (SSSR count). The zero-order chi connectivity index (χ0) is 18.6. The number of ether oxygens (including phenoxy) is 2. The number of carbonyl (C=O) groups is 1. The molecule has 140 valence electrons. The number of carbonyl (C=O) groups excluding carboxylic acids is 1.